The van der Waals surface area contributed by atoms with Gasteiger partial charge in [0.1, 0.15) is 17.9 Å². The fraction of sp³-hybridized carbons (Fsp3) is 0.333. The maximum absolute atomic E-state index is 12.8. The first-order valence-corrected chi connectivity index (χ1v) is 11.2. The third-order valence-corrected chi connectivity index (χ3v) is 8.06. The van der Waals surface area contributed by atoms with Crippen LogP contribution < -0.4 is 0 Å². The summed E-state index contributed by atoms with van der Waals surface area (Å²) < 4.78 is 13.5. The monoisotopic (exact) mass is 426 g/mol. The quantitative estimate of drug-likeness (QED) is 0.367. The summed E-state index contributed by atoms with van der Waals surface area (Å²) in [5.41, 5.74) is 5.30. The Balaban J connectivity index is 1.37. The molecule has 0 unspecified atom stereocenters. The second kappa shape index (κ2) is 6.58. The Hall–Kier alpha value is -3.34. The summed E-state index contributed by atoms with van der Waals surface area (Å²) in [6.45, 7) is 7.24. The van der Waals surface area contributed by atoms with Gasteiger partial charge in [-0.2, -0.15) is 5.10 Å². The van der Waals surface area contributed by atoms with E-state index in [2.05, 4.69) is 37.6 Å². The van der Waals surface area contributed by atoms with Crippen LogP contribution in [0.1, 0.15) is 67.0 Å². The molecule has 0 radical (unpaired) electrons. The van der Waals surface area contributed by atoms with Gasteiger partial charge in [-0.25, -0.2) is 9.48 Å². The molecule has 5 heteroatoms. The van der Waals surface area contributed by atoms with Crippen LogP contribution in [0.25, 0.3) is 16.7 Å². The van der Waals surface area contributed by atoms with Gasteiger partial charge in [-0.1, -0.05) is 57.2 Å². The van der Waals surface area contributed by atoms with E-state index in [1.807, 2.05) is 42.5 Å². The number of hydrogen-bond acceptors (Lipinski definition) is 4. The molecule has 32 heavy (non-hydrogen) atoms. The first-order chi connectivity index (χ1) is 15.4. The van der Waals surface area contributed by atoms with Gasteiger partial charge >= 0.3 is 5.97 Å². The Bertz CT molecular complexity index is 1320. The van der Waals surface area contributed by atoms with Crippen molar-refractivity contribution in [3.63, 3.8) is 0 Å². The lowest BCUT2D eigenvalue weighted by molar-refractivity contribution is 0.0431. The van der Waals surface area contributed by atoms with E-state index in [1.54, 1.807) is 6.07 Å². The Morgan fingerprint density at radius 3 is 2.66 bits per heavy atom. The molecule has 2 atom stereocenters. The molecule has 0 amide bonds. The van der Waals surface area contributed by atoms with Crippen LogP contribution in [0, 0.1) is 5.41 Å². The van der Waals surface area contributed by atoms with Gasteiger partial charge in [0.15, 0.2) is 0 Å². The topological polar surface area (TPSA) is 57.3 Å². The summed E-state index contributed by atoms with van der Waals surface area (Å²) in [5.74, 6) is 0.178. The zero-order valence-corrected chi connectivity index (χ0v) is 18.6. The van der Waals surface area contributed by atoms with Gasteiger partial charge in [-0.15, -0.1) is 0 Å². The van der Waals surface area contributed by atoms with Crippen LogP contribution >= 0.6 is 0 Å². The fourth-order valence-corrected chi connectivity index (χ4v) is 5.95. The maximum Gasteiger partial charge on any atom is 0.374 e. The van der Waals surface area contributed by atoms with E-state index in [0.29, 0.717) is 11.5 Å². The van der Waals surface area contributed by atoms with Crippen molar-refractivity contribution in [2.45, 2.75) is 51.6 Å². The molecule has 4 aromatic rings. The van der Waals surface area contributed by atoms with E-state index in [-0.39, 0.29) is 23.2 Å². The number of nitrogens with zero attached hydrogens (tertiary/aromatic N) is 2. The van der Waals surface area contributed by atoms with Gasteiger partial charge in [0.25, 0.3) is 0 Å². The van der Waals surface area contributed by atoms with Gasteiger partial charge in [-0.05, 0) is 48.4 Å². The molecule has 0 saturated heterocycles. The number of carbonyl (C=O) groups excluding carboxylic acids is 1. The van der Waals surface area contributed by atoms with Crippen molar-refractivity contribution in [2.24, 2.45) is 5.41 Å². The predicted molar refractivity (Wildman–Crippen MR) is 122 cm³/mol. The standard InChI is InChI=1S/C27H26N2O3/c1-26(2)19-13-14-27(26,3)24-23(19)20(28-29(24)18-10-5-4-6-11-18)16-31-25(30)22-15-17-9-7-8-12-21(17)32-22/h4-12,15,19H,13-14,16H2,1-3H3/t19-,27-/m1/s1. The summed E-state index contributed by atoms with van der Waals surface area (Å²) in [6.07, 6.45) is 2.29. The van der Waals surface area contributed by atoms with Crippen molar-refractivity contribution in [3.05, 3.63) is 83.4 Å². The summed E-state index contributed by atoms with van der Waals surface area (Å²) in [4.78, 5) is 12.8. The number of carbonyl (C=O) groups is 1. The number of benzene rings is 2. The number of aromatic nitrogens is 2. The molecular formula is C27H26N2O3. The van der Waals surface area contributed by atoms with Crippen LogP contribution in [0.2, 0.25) is 0 Å². The molecule has 2 heterocycles. The highest BCUT2D eigenvalue weighted by Gasteiger charge is 2.62. The predicted octanol–water partition coefficient (Wildman–Crippen LogP) is 6.15. The molecule has 6 rings (SSSR count). The molecule has 2 aliphatic rings. The summed E-state index contributed by atoms with van der Waals surface area (Å²) in [6, 6.07) is 19.6. The Labute approximate surface area is 187 Å². The van der Waals surface area contributed by atoms with Crippen molar-refractivity contribution in [2.75, 3.05) is 0 Å². The number of furan rings is 1. The van der Waals surface area contributed by atoms with E-state index in [1.165, 1.54) is 11.3 Å². The third kappa shape index (κ3) is 2.51. The molecule has 2 bridgehead atoms. The second-order valence-corrected chi connectivity index (χ2v) is 9.83. The molecule has 2 aliphatic carbocycles. The lowest BCUT2D eigenvalue weighted by Gasteiger charge is -2.35. The van der Waals surface area contributed by atoms with Gasteiger partial charge in [0, 0.05) is 16.4 Å². The van der Waals surface area contributed by atoms with Crippen LogP contribution in [-0.2, 0) is 16.8 Å². The highest BCUT2D eigenvalue weighted by atomic mass is 16.5. The molecule has 0 spiro atoms. The largest absolute Gasteiger partial charge is 0.453 e. The van der Waals surface area contributed by atoms with Crippen molar-refractivity contribution < 1.29 is 13.9 Å². The first kappa shape index (κ1) is 19.4. The van der Waals surface area contributed by atoms with Crippen molar-refractivity contribution in [3.8, 4) is 5.69 Å². The Morgan fingerprint density at radius 1 is 1.12 bits per heavy atom. The normalized spacial score (nSPS) is 22.9. The maximum atomic E-state index is 12.8. The minimum absolute atomic E-state index is 0.0385. The van der Waals surface area contributed by atoms with Crippen molar-refractivity contribution >= 4 is 16.9 Å². The molecule has 2 aromatic heterocycles. The molecule has 5 nitrogen and oxygen atoms in total. The minimum atomic E-state index is -0.460. The zero-order chi connectivity index (χ0) is 22.1. The number of hydrogen-bond donors (Lipinski definition) is 0. The number of rotatable bonds is 4. The van der Waals surface area contributed by atoms with Gasteiger partial charge in [0.05, 0.1) is 11.4 Å². The minimum Gasteiger partial charge on any atom is -0.453 e. The molecule has 0 aliphatic heterocycles. The van der Waals surface area contributed by atoms with E-state index < -0.39 is 5.97 Å². The SMILES string of the molecule is CC1(C)[C@@H]2CC[C@]1(C)c1c2c(COC(=O)c2cc3ccccc3o2)nn1-c1ccccc1. The second-order valence-electron chi connectivity index (χ2n) is 9.83. The average Bonchev–Trinajstić information content (AvgIpc) is 3.49. The van der Waals surface area contributed by atoms with Gasteiger partial charge < -0.3 is 9.15 Å². The summed E-state index contributed by atoms with van der Waals surface area (Å²) >= 11 is 0. The summed E-state index contributed by atoms with van der Waals surface area (Å²) in [5, 5.41) is 5.86. The molecular weight excluding hydrogens is 400 g/mol. The third-order valence-electron chi connectivity index (χ3n) is 8.06. The van der Waals surface area contributed by atoms with E-state index in [9.17, 15) is 4.79 Å². The highest BCUT2D eigenvalue weighted by Crippen LogP contribution is 2.68. The molecule has 1 fully saturated rings. The fourth-order valence-electron chi connectivity index (χ4n) is 5.95. The first-order valence-electron chi connectivity index (χ1n) is 11.2. The zero-order valence-electron chi connectivity index (χ0n) is 18.6. The number of fused-ring (bicyclic) bond motifs is 6. The van der Waals surface area contributed by atoms with Crippen LogP contribution in [0.5, 0.6) is 0 Å². The van der Waals surface area contributed by atoms with E-state index >= 15 is 0 Å². The smallest absolute Gasteiger partial charge is 0.374 e. The lowest BCUT2D eigenvalue weighted by Crippen LogP contribution is -2.33. The molecule has 2 aromatic carbocycles. The van der Waals surface area contributed by atoms with Crippen LogP contribution in [-0.4, -0.2) is 15.7 Å². The average molecular weight is 427 g/mol. The lowest BCUT2D eigenvalue weighted by atomic mass is 9.70. The van der Waals surface area contributed by atoms with Gasteiger partial charge in [-0.3, -0.25) is 0 Å². The van der Waals surface area contributed by atoms with Crippen LogP contribution in [0.15, 0.2) is 65.1 Å². The number of ether oxygens (including phenoxy) is 1. The van der Waals surface area contributed by atoms with E-state index in [0.717, 1.165) is 29.6 Å². The Morgan fingerprint density at radius 2 is 1.88 bits per heavy atom. The van der Waals surface area contributed by atoms with E-state index in [4.69, 9.17) is 14.3 Å². The van der Waals surface area contributed by atoms with Crippen LogP contribution in [0.3, 0.4) is 0 Å². The number of para-hydroxylation sites is 2. The highest BCUT2D eigenvalue weighted by molar-refractivity contribution is 5.92. The summed E-state index contributed by atoms with van der Waals surface area (Å²) in [7, 11) is 0. The molecule has 1 saturated carbocycles. The van der Waals surface area contributed by atoms with Crippen molar-refractivity contribution in [1.29, 1.82) is 0 Å². The number of esters is 1. The van der Waals surface area contributed by atoms with Crippen LogP contribution in [0.4, 0.5) is 0 Å². The molecule has 0 N–H and O–H groups in total. The van der Waals surface area contributed by atoms with Crippen molar-refractivity contribution in [1.82, 2.24) is 9.78 Å². The molecule has 162 valence electrons. The van der Waals surface area contributed by atoms with Gasteiger partial charge in [0.2, 0.25) is 5.76 Å². The Kier molecular flexibility index (Phi) is 3.98.